The first-order valence-corrected chi connectivity index (χ1v) is 13.3. The van der Waals surface area contributed by atoms with Crippen LogP contribution in [0.15, 0.2) is 46.9 Å². The normalized spacial score (nSPS) is 12.2. The van der Waals surface area contributed by atoms with Gasteiger partial charge in [0.2, 0.25) is 21.8 Å². The minimum Gasteiger partial charge on any atom is -0.354 e. The molecule has 0 aliphatic carbocycles. The molecule has 2 aromatic rings. The lowest BCUT2D eigenvalue weighted by Gasteiger charge is -2.31. The van der Waals surface area contributed by atoms with Crippen molar-refractivity contribution < 1.29 is 26.8 Å². The highest BCUT2D eigenvalue weighted by molar-refractivity contribution is 9.10. The Balaban J connectivity index is 2.35. The lowest BCUT2D eigenvalue weighted by molar-refractivity contribution is -0.139. The van der Waals surface area contributed by atoms with E-state index < -0.39 is 40.2 Å². The molecule has 186 valence electrons. The van der Waals surface area contributed by atoms with Crippen LogP contribution in [-0.2, 0) is 26.2 Å². The molecule has 2 rings (SSSR count). The smallest absolute Gasteiger partial charge is 0.244 e. The van der Waals surface area contributed by atoms with Crippen molar-refractivity contribution in [1.29, 1.82) is 0 Å². The van der Waals surface area contributed by atoms with Crippen molar-refractivity contribution in [3.8, 4) is 0 Å². The molecular formula is C23H28BrF2N3O4S. The standard InChI is InChI=1S/C23H28BrF2N3O4S/c1-4-5-12-27-23(31)16(2)28(14-17-6-8-18(24)9-7-17)22(30)15-29(34(3,32)33)19-10-11-20(25)21(26)13-19/h6-11,13,16H,4-5,12,14-15H2,1-3H3,(H,27,31)/t16-/m0/s1. The molecule has 1 N–H and O–H groups in total. The van der Waals surface area contributed by atoms with Crippen LogP contribution in [0.3, 0.4) is 0 Å². The van der Waals surface area contributed by atoms with Crippen LogP contribution in [0.25, 0.3) is 0 Å². The van der Waals surface area contributed by atoms with E-state index in [9.17, 15) is 26.8 Å². The number of carbonyl (C=O) groups is 2. The summed E-state index contributed by atoms with van der Waals surface area (Å²) in [5, 5.41) is 2.78. The number of nitrogens with zero attached hydrogens (tertiary/aromatic N) is 2. The van der Waals surface area contributed by atoms with Crippen LogP contribution in [0.5, 0.6) is 0 Å². The average molecular weight is 560 g/mol. The Morgan fingerprint density at radius 1 is 1.09 bits per heavy atom. The molecule has 1 atom stereocenters. The summed E-state index contributed by atoms with van der Waals surface area (Å²) >= 11 is 3.34. The molecule has 2 aromatic carbocycles. The van der Waals surface area contributed by atoms with Crippen molar-refractivity contribution in [2.75, 3.05) is 23.7 Å². The second-order valence-electron chi connectivity index (χ2n) is 7.84. The third kappa shape index (κ3) is 7.76. The van der Waals surface area contributed by atoms with Gasteiger partial charge in [0.25, 0.3) is 0 Å². The van der Waals surface area contributed by atoms with Crippen LogP contribution in [0.4, 0.5) is 14.5 Å². The van der Waals surface area contributed by atoms with Crippen LogP contribution in [0.2, 0.25) is 0 Å². The number of carbonyl (C=O) groups excluding carboxylic acids is 2. The Morgan fingerprint density at radius 3 is 2.29 bits per heavy atom. The zero-order valence-electron chi connectivity index (χ0n) is 19.2. The van der Waals surface area contributed by atoms with Gasteiger partial charge < -0.3 is 10.2 Å². The van der Waals surface area contributed by atoms with E-state index in [1.54, 1.807) is 31.2 Å². The zero-order chi connectivity index (χ0) is 25.5. The summed E-state index contributed by atoms with van der Waals surface area (Å²) in [5.41, 5.74) is 0.530. The molecule has 0 radical (unpaired) electrons. The number of amides is 2. The van der Waals surface area contributed by atoms with Crippen LogP contribution in [-0.4, -0.2) is 50.5 Å². The Labute approximate surface area is 207 Å². The van der Waals surface area contributed by atoms with Crippen LogP contribution in [0, 0.1) is 11.6 Å². The molecule has 0 unspecified atom stereocenters. The Hall–Kier alpha value is -2.53. The molecule has 0 saturated carbocycles. The Morgan fingerprint density at radius 2 is 1.74 bits per heavy atom. The lowest BCUT2D eigenvalue weighted by atomic mass is 10.1. The maximum absolute atomic E-state index is 13.8. The van der Waals surface area contributed by atoms with E-state index in [-0.39, 0.29) is 18.1 Å². The maximum atomic E-state index is 13.8. The fourth-order valence-electron chi connectivity index (χ4n) is 3.16. The Bertz CT molecular complexity index is 1110. The number of hydrogen-bond acceptors (Lipinski definition) is 4. The molecule has 0 aliphatic rings. The van der Waals surface area contributed by atoms with Gasteiger partial charge in [0.05, 0.1) is 11.9 Å². The van der Waals surface area contributed by atoms with E-state index in [1.165, 1.54) is 4.90 Å². The lowest BCUT2D eigenvalue weighted by Crippen LogP contribution is -2.51. The molecule has 11 heteroatoms. The second kappa shape index (κ2) is 12.3. The van der Waals surface area contributed by atoms with Crippen LogP contribution >= 0.6 is 15.9 Å². The summed E-state index contributed by atoms with van der Waals surface area (Å²) in [6.07, 6.45) is 2.52. The first kappa shape index (κ1) is 27.7. The summed E-state index contributed by atoms with van der Waals surface area (Å²) in [7, 11) is -4.03. The summed E-state index contributed by atoms with van der Waals surface area (Å²) in [6.45, 7) is 3.35. The molecule has 0 fully saturated rings. The van der Waals surface area contributed by atoms with E-state index in [0.717, 1.165) is 41.3 Å². The van der Waals surface area contributed by atoms with Gasteiger partial charge in [-0.1, -0.05) is 41.4 Å². The fraction of sp³-hybridized carbons (Fsp3) is 0.391. The topological polar surface area (TPSA) is 86.8 Å². The monoisotopic (exact) mass is 559 g/mol. The van der Waals surface area contributed by atoms with Crippen molar-refractivity contribution in [2.24, 2.45) is 0 Å². The highest BCUT2D eigenvalue weighted by Gasteiger charge is 2.30. The summed E-state index contributed by atoms with van der Waals surface area (Å²) in [6, 6.07) is 8.79. The molecule has 0 saturated heterocycles. The summed E-state index contributed by atoms with van der Waals surface area (Å²) in [5.74, 6) is -3.43. The van der Waals surface area contributed by atoms with Gasteiger partial charge in [0, 0.05) is 23.6 Å². The van der Waals surface area contributed by atoms with E-state index in [0.29, 0.717) is 16.9 Å². The van der Waals surface area contributed by atoms with Gasteiger partial charge in [0.15, 0.2) is 11.6 Å². The van der Waals surface area contributed by atoms with Crippen LogP contribution < -0.4 is 9.62 Å². The number of nitrogens with one attached hydrogen (secondary N) is 1. The predicted octanol–water partition coefficient (Wildman–Crippen LogP) is 3.83. The number of anilines is 1. The van der Waals surface area contributed by atoms with Crippen molar-refractivity contribution in [2.45, 2.75) is 39.3 Å². The number of hydrogen-bond donors (Lipinski definition) is 1. The minimum atomic E-state index is -4.03. The van der Waals surface area contributed by atoms with E-state index in [1.807, 2.05) is 6.92 Å². The number of rotatable bonds is 11. The largest absolute Gasteiger partial charge is 0.354 e. The van der Waals surface area contributed by atoms with Crippen molar-refractivity contribution in [3.63, 3.8) is 0 Å². The van der Waals surface area contributed by atoms with Crippen molar-refractivity contribution in [3.05, 3.63) is 64.1 Å². The minimum absolute atomic E-state index is 0.0455. The van der Waals surface area contributed by atoms with Gasteiger partial charge in [-0.15, -0.1) is 0 Å². The van der Waals surface area contributed by atoms with E-state index in [2.05, 4.69) is 21.2 Å². The van der Waals surface area contributed by atoms with Gasteiger partial charge in [-0.2, -0.15) is 0 Å². The van der Waals surface area contributed by atoms with Gasteiger partial charge in [-0.05, 0) is 43.2 Å². The maximum Gasteiger partial charge on any atom is 0.244 e. The van der Waals surface area contributed by atoms with E-state index >= 15 is 0 Å². The van der Waals surface area contributed by atoms with Gasteiger partial charge >= 0.3 is 0 Å². The predicted molar refractivity (Wildman–Crippen MR) is 131 cm³/mol. The molecule has 0 aliphatic heterocycles. The molecule has 0 aromatic heterocycles. The fourth-order valence-corrected chi connectivity index (χ4v) is 4.26. The summed E-state index contributed by atoms with van der Waals surface area (Å²) in [4.78, 5) is 27.3. The molecular weight excluding hydrogens is 532 g/mol. The second-order valence-corrected chi connectivity index (χ2v) is 10.7. The molecule has 0 heterocycles. The number of unbranched alkanes of at least 4 members (excludes halogenated alkanes) is 1. The number of halogens is 3. The first-order chi connectivity index (χ1) is 15.9. The third-order valence-corrected chi connectivity index (χ3v) is 6.80. The van der Waals surface area contributed by atoms with Gasteiger partial charge in [-0.25, -0.2) is 17.2 Å². The van der Waals surface area contributed by atoms with Crippen LogP contribution in [0.1, 0.15) is 32.3 Å². The zero-order valence-corrected chi connectivity index (χ0v) is 21.6. The summed E-state index contributed by atoms with van der Waals surface area (Å²) < 4.78 is 53.5. The van der Waals surface area contributed by atoms with Gasteiger partial charge in [0.1, 0.15) is 12.6 Å². The SMILES string of the molecule is CCCCNC(=O)[C@H](C)N(Cc1ccc(Br)cc1)C(=O)CN(c1ccc(F)c(F)c1)S(C)(=O)=O. The third-order valence-electron chi connectivity index (χ3n) is 5.13. The highest BCUT2D eigenvalue weighted by atomic mass is 79.9. The van der Waals surface area contributed by atoms with Gasteiger partial charge in [-0.3, -0.25) is 13.9 Å². The first-order valence-electron chi connectivity index (χ1n) is 10.7. The number of sulfonamides is 1. The molecule has 7 nitrogen and oxygen atoms in total. The van der Waals surface area contributed by atoms with E-state index in [4.69, 9.17) is 0 Å². The van der Waals surface area contributed by atoms with Crippen molar-refractivity contribution in [1.82, 2.24) is 10.2 Å². The Kier molecular flexibility index (Phi) is 9.99. The highest BCUT2D eigenvalue weighted by Crippen LogP contribution is 2.22. The molecule has 0 bridgehead atoms. The van der Waals surface area contributed by atoms with Crippen molar-refractivity contribution >= 4 is 43.5 Å². The molecule has 2 amide bonds. The molecule has 0 spiro atoms. The quantitative estimate of drug-likeness (QED) is 0.424. The average Bonchev–Trinajstić information content (AvgIpc) is 2.77. The molecule has 34 heavy (non-hydrogen) atoms. The number of benzene rings is 2.